The van der Waals surface area contributed by atoms with E-state index in [0.717, 1.165) is 57.7 Å². The Bertz CT molecular complexity index is 724. The van der Waals surface area contributed by atoms with E-state index in [2.05, 4.69) is 4.90 Å². The van der Waals surface area contributed by atoms with Crippen LogP contribution in [0.5, 0.6) is 11.5 Å². The van der Waals surface area contributed by atoms with Crippen molar-refractivity contribution in [2.24, 2.45) is 0 Å². The van der Waals surface area contributed by atoms with Crippen LogP contribution < -0.4 is 9.47 Å². The van der Waals surface area contributed by atoms with E-state index in [4.69, 9.17) is 25.8 Å². The summed E-state index contributed by atoms with van der Waals surface area (Å²) in [4.78, 5) is 16.9. The van der Waals surface area contributed by atoms with Gasteiger partial charge in [-0.2, -0.15) is 0 Å². The first-order chi connectivity index (χ1) is 14.0. The minimum absolute atomic E-state index is 0.0109. The van der Waals surface area contributed by atoms with Crippen LogP contribution in [-0.2, 0) is 9.53 Å². The second-order valence-corrected chi connectivity index (χ2v) is 8.20. The van der Waals surface area contributed by atoms with Gasteiger partial charge in [0, 0.05) is 45.4 Å². The molecule has 0 saturated carbocycles. The maximum atomic E-state index is 12.6. The fraction of sp³-hybridized carbons (Fsp3) is 0.591. The van der Waals surface area contributed by atoms with Crippen LogP contribution in [0.2, 0.25) is 5.02 Å². The minimum Gasteiger partial charge on any atom is -0.493 e. The molecular weight excluding hydrogens is 392 g/mol. The SMILES string of the molecule is COc1cc(/C=C/C(=O)N2CCN(CC3CCCO3)CC2)cc(Cl)c1OC(C)C. The van der Waals surface area contributed by atoms with E-state index < -0.39 is 0 Å². The van der Waals surface area contributed by atoms with E-state index in [1.54, 1.807) is 25.3 Å². The van der Waals surface area contributed by atoms with Crippen molar-refractivity contribution in [3.8, 4) is 11.5 Å². The Morgan fingerprint density at radius 3 is 2.69 bits per heavy atom. The quantitative estimate of drug-likeness (QED) is 0.630. The van der Waals surface area contributed by atoms with Crippen LogP contribution in [0.3, 0.4) is 0 Å². The van der Waals surface area contributed by atoms with Gasteiger partial charge in [-0.1, -0.05) is 11.6 Å². The molecule has 2 saturated heterocycles. The van der Waals surface area contributed by atoms with Crippen molar-refractivity contribution < 1.29 is 19.0 Å². The highest BCUT2D eigenvalue weighted by atomic mass is 35.5. The van der Waals surface area contributed by atoms with Crippen LogP contribution in [0.4, 0.5) is 0 Å². The number of nitrogens with zero attached hydrogens (tertiary/aromatic N) is 2. The van der Waals surface area contributed by atoms with Gasteiger partial charge in [0.05, 0.1) is 24.3 Å². The lowest BCUT2D eigenvalue weighted by molar-refractivity contribution is -0.127. The molecule has 29 heavy (non-hydrogen) atoms. The lowest BCUT2D eigenvalue weighted by Crippen LogP contribution is -2.50. The first kappa shape index (κ1) is 21.9. The smallest absolute Gasteiger partial charge is 0.246 e. The summed E-state index contributed by atoms with van der Waals surface area (Å²) >= 11 is 6.36. The monoisotopic (exact) mass is 422 g/mol. The van der Waals surface area contributed by atoms with Gasteiger partial charge >= 0.3 is 0 Å². The van der Waals surface area contributed by atoms with Crippen LogP contribution in [-0.4, -0.2) is 74.4 Å². The molecular formula is C22H31ClN2O4. The summed E-state index contributed by atoms with van der Waals surface area (Å²) in [7, 11) is 1.58. The van der Waals surface area contributed by atoms with Crippen LogP contribution in [0, 0.1) is 0 Å². The molecule has 0 bridgehead atoms. The molecule has 160 valence electrons. The third kappa shape index (κ3) is 6.11. The predicted molar refractivity (Wildman–Crippen MR) is 115 cm³/mol. The van der Waals surface area contributed by atoms with Gasteiger partial charge in [-0.25, -0.2) is 0 Å². The summed E-state index contributed by atoms with van der Waals surface area (Å²) in [6.45, 7) is 8.97. The Kier molecular flexibility index (Phi) is 7.81. The number of methoxy groups -OCH3 is 1. The standard InChI is InChI=1S/C22H31ClN2O4/c1-16(2)29-22-19(23)13-17(14-20(22)27-3)6-7-21(26)25-10-8-24(9-11-25)15-18-5-4-12-28-18/h6-7,13-14,16,18H,4-5,8-12,15H2,1-3H3/b7-6+. The number of hydrogen-bond donors (Lipinski definition) is 0. The molecule has 0 aliphatic carbocycles. The van der Waals surface area contributed by atoms with E-state index in [1.807, 2.05) is 24.8 Å². The lowest BCUT2D eigenvalue weighted by Gasteiger charge is -2.35. The van der Waals surface area contributed by atoms with E-state index in [1.165, 1.54) is 0 Å². The molecule has 2 heterocycles. The van der Waals surface area contributed by atoms with Crippen molar-refractivity contribution in [2.45, 2.75) is 38.9 Å². The molecule has 1 atom stereocenters. The van der Waals surface area contributed by atoms with E-state index in [-0.39, 0.29) is 12.0 Å². The van der Waals surface area contributed by atoms with Crippen LogP contribution in [0.15, 0.2) is 18.2 Å². The van der Waals surface area contributed by atoms with Gasteiger partial charge in [0.15, 0.2) is 11.5 Å². The molecule has 2 aliphatic heterocycles. The normalized spacial score (nSPS) is 20.6. The number of ether oxygens (including phenoxy) is 3. The summed E-state index contributed by atoms with van der Waals surface area (Å²) in [5.74, 6) is 1.09. The maximum Gasteiger partial charge on any atom is 0.246 e. The molecule has 0 radical (unpaired) electrons. The first-order valence-electron chi connectivity index (χ1n) is 10.3. The number of hydrogen-bond acceptors (Lipinski definition) is 5. The zero-order chi connectivity index (χ0) is 20.8. The summed E-state index contributed by atoms with van der Waals surface area (Å²) < 4.78 is 16.8. The van der Waals surface area contributed by atoms with Crippen molar-refractivity contribution in [1.82, 2.24) is 9.80 Å². The van der Waals surface area contributed by atoms with E-state index >= 15 is 0 Å². The third-order valence-electron chi connectivity index (χ3n) is 5.19. The number of piperazine rings is 1. The highest BCUT2D eigenvalue weighted by Gasteiger charge is 2.24. The van der Waals surface area contributed by atoms with Gasteiger partial charge < -0.3 is 19.1 Å². The molecule has 1 aromatic rings. The molecule has 0 aromatic heterocycles. The molecule has 1 unspecified atom stereocenters. The Hall–Kier alpha value is -1.76. The predicted octanol–water partition coefficient (Wildman–Crippen LogP) is 3.47. The number of carbonyl (C=O) groups is 1. The molecule has 2 aliphatic rings. The van der Waals surface area contributed by atoms with Gasteiger partial charge in [0.25, 0.3) is 0 Å². The largest absolute Gasteiger partial charge is 0.493 e. The third-order valence-corrected chi connectivity index (χ3v) is 5.47. The van der Waals surface area contributed by atoms with E-state index in [0.29, 0.717) is 22.6 Å². The minimum atomic E-state index is -0.0109. The van der Waals surface area contributed by atoms with Crippen molar-refractivity contribution in [2.75, 3.05) is 46.4 Å². The van der Waals surface area contributed by atoms with Crippen molar-refractivity contribution in [3.63, 3.8) is 0 Å². The van der Waals surface area contributed by atoms with Gasteiger partial charge in [-0.05, 0) is 50.5 Å². The molecule has 1 aromatic carbocycles. The molecule has 0 N–H and O–H groups in total. The second-order valence-electron chi connectivity index (χ2n) is 7.79. The summed E-state index contributed by atoms with van der Waals surface area (Å²) in [6.07, 6.45) is 6.03. The van der Waals surface area contributed by atoms with Crippen molar-refractivity contribution >= 4 is 23.6 Å². The van der Waals surface area contributed by atoms with Gasteiger partial charge in [0.1, 0.15) is 0 Å². The first-order valence-corrected chi connectivity index (χ1v) is 10.7. The zero-order valence-corrected chi connectivity index (χ0v) is 18.3. The second kappa shape index (κ2) is 10.3. The van der Waals surface area contributed by atoms with Gasteiger partial charge in [-0.15, -0.1) is 0 Å². The molecule has 3 rings (SSSR count). The van der Waals surface area contributed by atoms with Crippen LogP contribution in [0.25, 0.3) is 6.08 Å². The van der Waals surface area contributed by atoms with Crippen molar-refractivity contribution in [1.29, 1.82) is 0 Å². The molecule has 7 heteroatoms. The topological polar surface area (TPSA) is 51.2 Å². The summed E-state index contributed by atoms with van der Waals surface area (Å²) in [6, 6.07) is 3.61. The Balaban J connectivity index is 1.55. The van der Waals surface area contributed by atoms with Crippen molar-refractivity contribution in [3.05, 3.63) is 28.8 Å². The van der Waals surface area contributed by atoms with Crippen LogP contribution in [0.1, 0.15) is 32.3 Å². The Morgan fingerprint density at radius 2 is 2.07 bits per heavy atom. The number of carbonyl (C=O) groups excluding carboxylic acids is 1. The number of benzene rings is 1. The molecule has 6 nitrogen and oxygen atoms in total. The van der Waals surface area contributed by atoms with Crippen LogP contribution >= 0.6 is 11.6 Å². The fourth-order valence-electron chi connectivity index (χ4n) is 3.69. The molecule has 1 amide bonds. The number of halogens is 1. The number of amides is 1. The Labute approximate surface area is 178 Å². The zero-order valence-electron chi connectivity index (χ0n) is 17.5. The fourth-order valence-corrected chi connectivity index (χ4v) is 3.95. The van der Waals surface area contributed by atoms with E-state index in [9.17, 15) is 4.79 Å². The highest BCUT2D eigenvalue weighted by molar-refractivity contribution is 6.32. The Morgan fingerprint density at radius 1 is 1.31 bits per heavy atom. The summed E-state index contributed by atoms with van der Waals surface area (Å²) in [5, 5.41) is 0.466. The average Bonchev–Trinajstić information content (AvgIpc) is 3.21. The lowest BCUT2D eigenvalue weighted by atomic mass is 10.1. The summed E-state index contributed by atoms with van der Waals surface area (Å²) in [5.41, 5.74) is 0.799. The maximum absolute atomic E-state index is 12.6. The molecule has 2 fully saturated rings. The van der Waals surface area contributed by atoms with Gasteiger partial charge in [-0.3, -0.25) is 9.69 Å². The highest BCUT2D eigenvalue weighted by Crippen LogP contribution is 2.37. The number of rotatable bonds is 7. The molecule has 0 spiro atoms. The average molecular weight is 423 g/mol. The van der Waals surface area contributed by atoms with Gasteiger partial charge in [0.2, 0.25) is 5.91 Å².